The van der Waals surface area contributed by atoms with Crippen LogP contribution in [-0.4, -0.2) is 31.7 Å². The highest BCUT2D eigenvalue weighted by atomic mass is 32.1. The van der Waals surface area contributed by atoms with Gasteiger partial charge < -0.3 is 13.9 Å². The lowest BCUT2D eigenvalue weighted by Gasteiger charge is -2.19. The molecular weight excluding hydrogens is 299 g/mol. The first-order chi connectivity index (χ1) is 10.6. The van der Waals surface area contributed by atoms with Crippen molar-refractivity contribution in [2.24, 2.45) is 0 Å². The number of rotatable bonds is 4. The average molecular weight is 312 g/mol. The average Bonchev–Trinajstić information content (AvgIpc) is 2.98. The molecule has 0 amide bonds. The number of thiocarbonyl (C=S) groups is 1. The van der Waals surface area contributed by atoms with Crippen LogP contribution >= 0.6 is 12.2 Å². The first-order valence-corrected chi connectivity index (χ1v) is 7.30. The second kappa shape index (κ2) is 5.97. The molecule has 2 aromatic rings. The van der Waals surface area contributed by atoms with E-state index < -0.39 is 0 Å². The van der Waals surface area contributed by atoms with Gasteiger partial charge in [0.05, 0.1) is 10.8 Å². The van der Waals surface area contributed by atoms with Gasteiger partial charge in [0.2, 0.25) is 5.78 Å². The zero-order valence-corrected chi connectivity index (χ0v) is 12.8. The molecule has 0 saturated carbocycles. The van der Waals surface area contributed by atoms with Gasteiger partial charge in [-0.05, 0) is 30.3 Å². The second-order valence-electron chi connectivity index (χ2n) is 5.01. The summed E-state index contributed by atoms with van der Waals surface area (Å²) in [5.74, 6) is 1.23. The standard InChI is InChI=1S/C16H13BO4S/c1-9(11-4-5-14(17)21-11)16(22)15(18)10-2-3-12-13(8-10)20-7-6-19-12/h2-5,8-9H,6-7H2,1H3. The number of carbonyl (C=O) groups excluding carboxylic acids is 1. The molecule has 1 aromatic carbocycles. The molecule has 22 heavy (non-hydrogen) atoms. The van der Waals surface area contributed by atoms with Crippen molar-refractivity contribution in [1.82, 2.24) is 0 Å². The molecule has 0 N–H and O–H groups in total. The van der Waals surface area contributed by atoms with Gasteiger partial charge in [-0.15, -0.1) is 0 Å². The van der Waals surface area contributed by atoms with Gasteiger partial charge in [-0.2, -0.15) is 0 Å². The van der Waals surface area contributed by atoms with Gasteiger partial charge in [-0.1, -0.05) is 19.1 Å². The Bertz CT molecular complexity index is 737. The molecule has 0 aliphatic carbocycles. The highest BCUT2D eigenvalue weighted by Crippen LogP contribution is 2.31. The van der Waals surface area contributed by atoms with Crippen molar-refractivity contribution in [2.75, 3.05) is 13.2 Å². The normalized spacial score (nSPS) is 14.4. The zero-order chi connectivity index (χ0) is 15.7. The van der Waals surface area contributed by atoms with E-state index >= 15 is 0 Å². The molecule has 3 rings (SSSR count). The summed E-state index contributed by atoms with van der Waals surface area (Å²) < 4.78 is 16.3. The SMILES string of the molecule is [B]c1ccc(C(C)C(=S)C(=O)c2ccc3c(c2)OCCO3)o1. The third-order valence-electron chi connectivity index (χ3n) is 3.50. The summed E-state index contributed by atoms with van der Waals surface area (Å²) in [4.78, 5) is 12.8. The quantitative estimate of drug-likeness (QED) is 0.492. The molecule has 0 bridgehead atoms. The number of hydrogen-bond acceptors (Lipinski definition) is 5. The monoisotopic (exact) mass is 312 g/mol. The Balaban J connectivity index is 1.82. The highest BCUT2D eigenvalue weighted by molar-refractivity contribution is 7.82. The van der Waals surface area contributed by atoms with E-state index in [-0.39, 0.29) is 16.6 Å². The predicted octanol–water partition coefficient (Wildman–Crippen LogP) is 2.20. The lowest BCUT2D eigenvalue weighted by Crippen LogP contribution is -2.20. The van der Waals surface area contributed by atoms with Crippen molar-refractivity contribution in [3.8, 4) is 11.5 Å². The Morgan fingerprint density at radius 2 is 1.91 bits per heavy atom. The van der Waals surface area contributed by atoms with Gasteiger partial charge in [-0.3, -0.25) is 4.79 Å². The van der Waals surface area contributed by atoms with Crippen LogP contribution in [0.15, 0.2) is 34.7 Å². The number of hydrogen-bond donors (Lipinski definition) is 0. The lowest BCUT2D eigenvalue weighted by molar-refractivity contribution is 0.106. The van der Waals surface area contributed by atoms with Crippen LogP contribution in [0.1, 0.15) is 29.0 Å². The minimum Gasteiger partial charge on any atom is -0.486 e. The Morgan fingerprint density at radius 3 is 2.59 bits per heavy atom. The molecule has 6 heteroatoms. The molecule has 1 unspecified atom stereocenters. The van der Waals surface area contributed by atoms with Crippen LogP contribution in [0.4, 0.5) is 0 Å². The van der Waals surface area contributed by atoms with Crippen LogP contribution in [-0.2, 0) is 0 Å². The largest absolute Gasteiger partial charge is 0.486 e. The van der Waals surface area contributed by atoms with Crippen molar-refractivity contribution < 1.29 is 18.7 Å². The molecule has 1 aromatic heterocycles. The van der Waals surface area contributed by atoms with Crippen LogP contribution in [0, 0.1) is 0 Å². The summed E-state index contributed by atoms with van der Waals surface area (Å²) >= 11 is 5.30. The van der Waals surface area contributed by atoms with E-state index in [2.05, 4.69) is 0 Å². The summed E-state index contributed by atoms with van der Waals surface area (Å²) in [7, 11) is 5.55. The van der Waals surface area contributed by atoms with Gasteiger partial charge in [0.1, 0.15) is 19.0 Å². The maximum absolute atomic E-state index is 12.5. The topological polar surface area (TPSA) is 48.7 Å². The van der Waals surface area contributed by atoms with E-state index in [0.29, 0.717) is 41.7 Å². The Hall–Kier alpha value is -2.08. The molecule has 0 spiro atoms. The van der Waals surface area contributed by atoms with Crippen LogP contribution in [0.3, 0.4) is 0 Å². The smallest absolute Gasteiger partial charge is 0.200 e. The molecular formula is C16H13BO4S. The van der Waals surface area contributed by atoms with E-state index in [4.69, 9.17) is 34.0 Å². The molecule has 2 radical (unpaired) electrons. The fourth-order valence-corrected chi connectivity index (χ4v) is 2.49. The van der Waals surface area contributed by atoms with Crippen molar-refractivity contribution in [3.05, 3.63) is 41.7 Å². The van der Waals surface area contributed by atoms with Crippen molar-refractivity contribution >= 4 is 36.4 Å². The lowest BCUT2D eigenvalue weighted by atomic mass is 9.97. The number of Topliss-reactive ketones (excluding diaryl/α,β-unsaturated/α-hetero) is 1. The molecule has 0 fully saturated rings. The number of furan rings is 1. The molecule has 2 heterocycles. The van der Waals surface area contributed by atoms with Gasteiger partial charge >= 0.3 is 0 Å². The number of benzene rings is 1. The molecule has 110 valence electrons. The predicted molar refractivity (Wildman–Crippen MR) is 86.9 cm³/mol. The van der Waals surface area contributed by atoms with Crippen molar-refractivity contribution in [1.29, 1.82) is 0 Å². The minimum atomic E-state index is -0.326. The summed E-state index contributed by atoms with van der Waals surface area (Å²) in [6.45, 7) is 2.79. The van der Waals surface area contributed by atoms with Crippen LogP contribution in [0.5, 0.6) is 11.5 Å². The number of fused-ring (bicyclic) bond motifs is 1. The minimum absolute atomic E-state index is 0.227. The van der Waals surface area contributed by atoms with Crippen LogP contribution in [0.2, 0.25) is 0 Å². The van der Waals surface area contributed by atoms with E-state index in [1.165, 1.54) is 0 Å². The van der Waals surface area contributed by atoms with E-state index in [0.717, 1.165) is 0 Å². The maximum Gasteiger partial charge on any atom is 0.200 e. The summed E-state index contributed by atoms with van der Waals surface area (Å²) in [6.07, 6.45) is 0. The van der Waals surface area contributed by atoms with Gasteiger partial charge in [0.25, 0.3) is 0 Å². The van der Waals surface area contributed by atoms with Gasteiger partial charge in [0.15, 0.2) is 19.3 Å². The van der Waals surface area contributed by atoms with Gasteiger partial charge in [-0.25, -0.2) is 0 Å². The van der Waals surface area contributed by atoms with Crippen molar-refractivity contribution in [2.45, 2.75) is 12.8 Å². The Morgan fingerprint density at radius 1 is 1.18 bits per heavy atom. The maximum atomic E-state index is 12.5. The number of ketones is 1. The molecule has 1 aliphatic rings. The van der Waals surface area contributed by atoms with Crippen molar-refractivity contribution in [3.63, 3.8) is 0 Å². The summed E-state index contributed by atoms with van der Waals surface area (Å²) in [5, 5.41) is 0. The van der Waals surface area contributed by atoms with Gasteiger partial charge in [0, 0.05) is 11.2 Å². The molecule has 1 atom stereocenters. The number of carbonyl (C=O) groups is 1. The Kier molecular flexibility index (Phi) is 4.03. The van der Waals surface area contributed by atoms with E-state index in [9.17, 15) is 4.79 Å². The summed E-state index contributed by atoms with van der Waals surface area (Å²) in [6, 6.07) is 8.43. The van der Waals surface area contributed by atoms with E-state index in [1.807, 2.05) is 6.92 Å². The highest BCUT2D eigenvalue weighted by Gasteiger charge is 2.23. The van der Waals surface area contributed by atoms with Crippen LogP contribution in [0.25, 0.3) is 0 Å². The fraction of sp³-hybridized carbons (Fsp3) is 0.250. The third-order valence-corrected chi connectivity index (χ3v) is 4.03. The van der Waals surface area contributed by atoms with Crippen LogP contribution < -0.4 is 15.1 Å². The Labute approximate surface area is 134 Å². The summed E-state index contributed by atoms with van der Waals surface area (Å²) in [5.41, 5.74) is 0.775. The third kappa shape index (κ3) is 2.79. The molecule has 0 saturated heterocycles. The first-order valence-electron chi connectivity index (χ1n) is 6.89. The van der Waals surface area contributed by atoms with E-state index in [1.54, 1.807) is 30.3 Å². The fourth-order valence-electron chi connectivity index (χ4n) is 2.25. The number of ether oxygens (including phenoxy) is 2. The molecule has 1 aliphatic heterocycles. The molecule has 4 nitrogen and oxygen atoms in total. The second-order valence-corrected chi connectivity index (χ2v) is 5.45. The first kappa shape index (κ1) is 14.8. The zero-order valence-electron chi connectivity index (χ0n) is 12.0.